The van der Waals surface area contributed by atoms with Gasteiger partial charge in [-0.05, 0) is 42.3 Å². The van der Waals surface area contributed by atoms with E-state index in [1.54, 1.807) is 19.3 Å². The first kappa shape index (κ1) is 22.2. The Morgan fingerprint density at radius 1 is 1.03 bits per heavy atom. The van der Waals surface area contributed by atoms with E-state index in [0.29, 0.717) is 22.5 Å². The maximum absolute atomic E-state index is 12.9. The molecule has 1 amide bonds. The van der Waals surface area contributed by atoms with Crippen LogP contribution in [0.2, 0.25) is 0 Å². The SMILES string of the molecule is COc1cc2occ(-c3ccccc3)c2cc1/C(C)=C/C(=O)Nc1cccc(C(F)(F)F)c1. The number of halogens is 3. The first-order chi connectivity index (χ1) is 15.8. The Morgan fingerprint density at radius 2 is 1.79 bits per heavy atom. The number of allylic oxidation sites excluding steroid dienone is 1. The van der Waals surface area contributed by atoms with Gasteiger partial charge in [0.2, 0.25) is 5.91 Å². The van der Waals surface area contributed by atoms with Crippen LogP contribution in [0.4, 0.5) is 18.9 Å². The number of carbonyl (C=O) groups is 1. The Balaban J connectivity index is 1.67. The summed E-state index contributed by atoms with van der Waals surface area (Å²) in [6, 6.07) is 17.9. The van der Waals surface area contributed by atoms with E-state index in [2.05, 4.69) is 5.32 Å². The predicted octanol–water partition coefficient (Wildman–Crippen LogP) is 7.17. The number of anilines is 1. The summed E-state index contributed by atoms with van der Waals surface area (Å²) in [4.78, 5) is 12.5. The number of furan rings is 1. The summed E-state index contributed by atoms with van der Waals surface area (Å²) in [5.41, 5.74) is 2.99. The molecule has 7 heteroatoms. The number of methoxy groups -OCH3 is 1. The number of nitrogens with one attached hydrogen (secondary N) is 1. The third-order valence-corrected chi connectivity index (χ3v) is 5.21. The quantitative estimate of drug-likeness (QED) is 0.327. The molecule has 0 fully saturated rings. The minimum atomic E-state index is -4.49. The van der Waals surface area contributed by atoms with E-state index < -0.39 is 17.6 Å². The molecular weight excluding hydrogens is 431 g/mol. The van der Waals surface area contributed by atoms with E-state index >= 15 is 0 Å². The van der Waals surface area contributed by atoms with Crippen molar-refractivity contribution in [2.75, 3.05) is 12.4 Å². The van der Waals surface area contributed by atoms with Crippen LogP contribution in [0.25, 0.3) is 27.7 Å². The van der Waals surface area contributed by atoms with Gasteiger partial charge in [-0.1, -0.05) is 36.4 Å². The predicted molar refractivity (Wildman–Crippen MR) is 122 cm³/mol. The lowest BCUT2D eigenvalue weighted by Crippen LogP contribution is -2.11. The normalized spacial score (nSPS) is 12.1. The molecule has 0 radical (unpaired) electrons. The van der Waals surface area contributed by atoms with Gasteiger partial charge in [0.05, 0.1) is 18.9 Å². The van der Waals surface area contributed by atoms with Crippen LogP contribution in [-0.4, -0.2) is 13.0 Å². The van der Waals surface area contributed by atoms with Crippen molar-refractivity contribution in [2.45, 2.75) is 13.1 Å². The molecule has 1 heterocycles. The van der Waals surface area contributed by atoms with Crippen LogP contribution in [-0.2, 0) is 11.0 Å². The third kappa shape index (κ3) is 4.77. The summed E-state index contributed by atoms with van der Waals surface area (Å²) >= 11 is 0. The molecule has 4 nitrogen and oxygen atoms in total. The Morgan fingerprint density at radius 3 is 2.48 bits per heavy atom. The average molecular weight is 451 g/mol. The van der Waals surface area contributed by atoms with Crippen LogP contribution in [0.3, 0.4) is 0 Å². The molecule has 3 aromatic carbocycles. The largest absolute Gasteiger partial charge is 0.496 e. The second-order valence-corrected chi connectivity index (χ2v) is 7.46. The number of alkyl halides is 3. The van der Waals surface area contributed by atoms with E-state index in [1.807, 2.05) is 36.4 Å². The summed E-state index contributed by atoms with van der Waals surface area (Å²) < 4.78 is 50.0. The van der Waals surface area contributed by atoms with Crippen LogP contribution in [0.1, 0.15) is 18.1 Å². The van der Waals surface area contributed by atoms with Crippen LogP contribution in [0.15, 0.2) is 83.5 Å². The van der Waals surface area contributed by atoms with Gasteiger partial charge in [0.1, 0.15) is 11.3 Å². The monoisotopic (exact) mass is 451 g/mol. The summed E-state index contributed by atoms with van der Waals surface area (Å²) in [6.45, 7) is 1.73. The fourth-order valence-corrected chi connectivity index (χ4v) is 3.60. The molecule has 0 saturated heterocycles. The number of ether oxygens (including phenoxy) is 1. The standard InChI is InChI=1S/C26H20F3NO3/c1-16(11-25(31)30-19-10-6-9-18(12-19)26(27,28)29)20-13-21-22(17-7-4-3-5-8-17)15-33-24(21)14-23(20)32-2/h3-15H,1-2H3,(H,30,31)/b16-11+. The minimum Gasteiger partial charge on any atom is -0.496 e. The van der Waals surface area contributed by atoms with Crippen molar-refractivity contribution in [2.24, 2.45) is 0 Å². The van der Waals surface area contributed by atoms with Crippen LogP contribution < -0.4 is 10.1 Å². The number of carbonyl (C=O) groups excluding carboxylic acids is 1. The molecule has 33 heavy (non-hydrogen) atoms. The Kier molecular flexibility index (Phi) is 5.96. The molecule has 1 aromatic heterocycles. The van der Waals surface area contributed by atoms with Crippen molar-refractivity contribution in [3.8, 4) is 16.9 Å². The molecule has 168 valence electrons. The Labute approximate surface area is 188 Å². The van der Waals surface area contributed by atoms with E-state index in [9.17, 15) is 18.0 Å². The first-order valence-corrected chi connectivity index (χ1v) is 10.1. The van der Waals surface area contributed by atoms with Crippen LogP contribution in [0.5, 0.6) is 5.75 Å². The lowest BCUT2D eigenvalue weighted by atomic mass is 9.99. The fourth-order valence-electron chi connectivity index (χ4n) is 3.60. The van der Waals surface area contributed by atoms with Crippen molar-refractivity contribution >= 4 is 28.1 Å². The van der Waals surface area contributed by atoms with E-state index in [1.165, 1.54) is 25.3 Å². The number of rotatable bonds is 5. The second kappa shape index (κ2) is 8.86. The topological polar surface area (TPSA) is 51.5 Å². The minimum absolute atomic E-state index is 0.0579. The van der Waals surface area contributed by atoms with Gasteiger partial charge in [0, 0.05) is 34.3 Å². The molecular formula is C26H20F3NO3. The number of amides is 1. The maximum atomic E-state index is 12.9. The summed E-state index contributed by atoms with van der Waals surface area (Å²) in [7, 11) is 1.52. The van der Waals surface area contributed by atoms with Crippen molar-refractivity contribution in [3.63, 3.8) is 0 Å². The zero-order chi connectivity index (χ0) is 23.6. The van der Waals surface area contributed by atoms with Gasteiger partial charge in [-0.3, -0.25) is 4.79 Å². The molecule has 0 aliphatic rings. The molecule has 0 atom stereocenters. The lowest BCUT2D eigenvalue weighted by Gasteiger charge is -2.11. The molecule has 0 spiro atoms. The molecule has 0 saturated carbocycles. The first-order valence-electron chi connectivity index (χ1n) is 10.1. The Hall–Kier alpha value is -4.00. The molecule has 4 aromatic rings. The number of hydrogen-bond acceptors (Lipinski definition) is 3. The molecule has 0 bridgehead atoms. The lowest BCUT2D eigenvalue weighted by molar-refractivity contribution is -0.137. The van der Waals surface area contributed by atoms with Gasteiger partial charge < -0.3 is 14.5 Å². The highest BCUT2D eigenvalue weighted by Gasteiger charge is 2.30. The average Bonchev–Trinajstić information content (AvgIpc) is 3.21. The van der Waals surface area contributed by atoms with Gasteiger partial charge in [-0.15, -0.1) is 0 Å². The van der Waals surface area contributed by atoms with E-state index in [4.69, 9.17) is 9.15 Å². The van der Waals surface area contributed by atoms with E-state index in [-0.39, 0.29) is 5.69 Å². The second-order valence-electron chi connectivity index (χ2n) is 7.46. The molecule has 0 unspecified atom stereocenters. The summed E-state index contributed by atoms with van der Waals surface area (Å²) in [5.74, 6) is -0.0402. The highest BCUT2D eigenvalue weighted by atomic mass is 19.4. The van der Waals surface area contributed by atoms with Crippen LogP contribution in [0, 0.1) is 0 Å². The highest BCUT2D eigenvalue weighted by molar-refractivity contribution is 6.05. The molecule has 4 rings (SSSR count). The van der Waals surface area contributed by atoms with Gasteiger partial charge in [0.15, 0.2) is 0 Å². The van der Waals surface area contributed by atoms with Gasteiger partial charge in [-0.2, -0.15) is 13.2 Å². The summed E-state index contributed by atoms with van der Waals surface area (Å²) in [6.07, 6.45) is -1.49. The Bertz CT molecular complexity index is 1340. The van der Waals surface area contributed by atoms with Crippen LogP contribution >= 0.6 is 0 Å². The van der Waals surface area contributed by atoms with Gasteiger partial charge >= 0.3 is 6.18 Å². The molecule has 0 aliphatic carbocycles. The number of hydrogen-bond donors (Lipinski definition) is 1. The molecule has 0 aliphatic heterocycles. The number of benzene rings is 3. The van der Waals surface area contributed by atoms with Crippen molar-refractivity contribution in [1.29, 1.82) is 0 Å². The highest BCUT2D eigenvalue weighted by Crippen LogP contribution is 2.37. The zero-order valence-corrected chi connectivity index (χ0v) is 17.9. The third-order valence-electron chi connectivity index (χ3n) is 5.21. The van der Waals surface area contributed by atoms with E-state index in [0.717, 1.165) is 28.6 Å². The van der Waals surface area contributed by atoms with Crippen molar-refractivity contribution in [1.82, 2.24) is 0 Å². The smallest absolute Gasteiger partial charge is 0.416 e. The van der Waals surface area contributed by atoms with Crippen molar-refractivity contribution < 1.29 is 27.1 Å². The zero-order valence-electron chi connectivity index (χ0n) is 17.9. The maximum Gasteiger partial charge on any atom is 0.416 e. The fraction of sp³-hybridized carbons (Fsp3) is 0.115. The summed E-state index contributed by atoms with van der Waals surface area (Å²) in [5, 5.41) is 3.34. The molecule has 1 N–H and O–H groups in total. The van der Waals surface area contributed by atoms with Gasteiger partial charge in [0.25, 0.3) is 0 Å². The van der Waals surface area contributed by atoms with Crippen molar-refractivity contribution in [3.05, 3.63) is 90.2 Å². The number of fused-ring (bicyclic) bond motifs is 1. The van der Waals surface area contributed by atoms with Gasteiger partial charge in [-0.25, -0.2) is 0 Å².